The fourth-order valence-electron chi connectivity index (χ4n) is 3.28. The van der Waals surface area contributed by atoms with Crippen molar-refractivity contribution in [2.24, 2.45) is 14.1 Å². The highest BCUT2D eigenvalue weighted by Crippen LogP contribution is 2.29. The molecule has 0 aliphatic heterocycles. The van der Waals surface area contributed by atoms with Gasteiger partial charge in [-0.2, -0.15) is 0 Å². The monoisotopic (exact) mass is 388 g/mol. The molecule has 9 heteroatoms. The van der Waals surface area contributed by atoms with Gasteiger partial charge >= 0.3 is 5.69 Å². The van der Waals surface area contributed by atoms with Gasteiger partial charge in [-0.25, -0.2) is 9.78 Å². The van der Waals surface area contributed by atoms with Crippen LogP contribution in [0.5, 0.6) is 11.5 Å². The van der Waals surface area contributed by atoms with Crippen molar-refractivity contribution in [2.75, 3.05) is 0 Å². The highest BCUT2D eigenvalue weighted by atomic mass is 16.3. The number of fused-ring (bicyclic) bond motifs is 1. The second-order valence-corrected chi connectivity index (χ2v) is 6.93. The molecule has 0 spiro atoms. The zero-order chi connectivity index (χ0) is 20.4. The summed E-state index contributed by atoms with van der Waals surface area (Å²) < 4.78 is 4.19. The van der Waals surface area contributed by atoms with Crippen LogP contribution in [-0.2, 0) is 20.6 Å². The number of benzene rings is 1. The Morgan fingerprint density at radius 1 is 1.04 bits per heavy atom. The van der Waals surface area contributed by atoms with E-state index in [1.807, 2.05) is 0 Å². The van der Waals surface area contributed by atoms with Crippen molar-refractivity contribution >= 4 is 11.2 Å². The molecule has 2 aromatic heterocycles. The predicted octanol–water partition coefficient (Wildman–Crippen LogP) is 1.14. The Balaban J connectivity index is 1.58. The molecule has 0 radical (unpaired) electrons. The lowest BCUT2D eigenvalue weighted by molar-refractivity contribution is 0.163. The summed E-state index contributed by atoms with van der Waals surface area (Å²) in [7, 11) is 3.04. The first-order chi connectivity index (χ1) is 13.3. The summed E-state index contributed by atoms with van der Waals surface area (Å²) in [5.74, 6) is -0.466. The number of aryl methyl sites for hydroxylation is 2. The maximum Gasteiger partial charge on any atom is 0.332 e. The Hall–Kier alpha value is -3.07. The summed E-state index contributed by atoms with van der Waals surface area (Å²) in [6.45, 7) is 0.583. The Morgan fingerprint density at radius 3 is 2.50 bits per heavy atom. The molecule has 9 nitrogen and oxygen atoms in total. The average Bonchev–Trinajstić information content (AvgIpc) is 3.10. The second-order valence-electron chi connectivity index (χ2n) is 6.93. The van der Waals surface area contributed by atoms with Crippen LogP contribution < -0.4 is 11.2 Å². The Bertz CT molecular complexity index is 1110. The van der Waals surface area contributed by atoms with Crippen molar-refractivity contribution in [1.29, 1.82) is 0 Å². The normalized spacial score (nSPS) is 12.5. The number of phenols is 2. The first-order valence-corrected chi connectivity index (χ1v) is 9.12. The van der Waals surface area contributed by atoms with Gasteiger partial charge in [0, 0.05) is 20.6 Å². The van der Waals surface area contributed by atoms with E-state index < -0.39 is 11.8 Å². The van der Waals surface area contributed by atoms with Crippen LogP contribution in [0.25, 0.3) is 11.2 Å². The lowest BCUT2D eigenvalue weighted by atomic mass is 10.0. The third-order valence-electron chi connectivity index (χ3n) is 4.98. The average molecular weight is 388 g/mol. The quantitative estimate of drug-likeness (QED) is 0.412. The lowest BCUT2D eigenvalue weighted by Crippen LogP contribution is -2.37. The van der Waals surface area contributed by atoms with Crippen LogP contribution in [0.2, 0.25) is 0 Å². The van der Waals surface area contributed by atoms with E-state index in [0.717, 1.165) is 23.8 Å². The summed E-state index contributed by atoms with van der Waals surface area (Å²) in [6.07, 6.45) is 3.73. The molecule has 0 unspecified atom stereocenters. The van der Waals surface area contributed by atoms with E-state index in [9.17, 15) is 24.9 Å². The van der Waals surface area contributed by atoms with Crippen LogP contribution in [0.3, 0.4) is 0 Å². The minimum atomic E-state index is -0.720. The summed E-state index contributed by atoms with van der Waals surface area (Å²) in [6, 6.07) is 4.29. The lowest BCUT2D eigenvalue weighted by Gasteiger charge is -2.12. The van der Waals surface area contributed by atoms with Crippen LogP contribution in [0.4, 0.5) is 0 Å². The van der Waals surface area contributed by atoms with Crippen LogP contribution in [-0.4, -0.2) is 34.0 Å². The molecule has 0 aliphatic rings. The van der Waals surface area contributed by atoms with Gasteiger partial charge in [0.25, 0.3) is 5.56 Å². The van der Waals surface area contributed by atoms with Crippen molar-refractivity contribution < 1.29 is 15.3 Å². The number of hydrogen-bond acceptors (Lipinski definition) is 6. The third kappa shape index (κ3) is 3.65. The number of unbranched alkanes of at least 4 members (excludes halogenated alkanes) is 2. The second kappa shape index (κ2) is 7.89. The molecule has 0 saturated heterocycles. The number of nitrogens with zero attached hydrogens (tertiary/aromatic N) is 4. The van der Waals surface area contributed by atoms with Crippen molar-refractivity contribution in [3.63, 3.8) is 0 Å². The van der Waals surface area contributed by atoms with Crippen molar-refractivity contribution in [1.82, 2.24) is 18.7 Å². The van der Waals surface area contributed by atoms with E-state index in [2.05, 4.69) is 4.98 Å². The Labute approximate surface area is 160 Å². The molecular formula is C19H24N4O5. The van der Waals surface area contributed by atoms with E-state index >= 15 is 0 Å². The molecule has 3 N–H and O–H groups in total. The molecule has 1 atom stereocenters. The molecular weight excluding hydrogens is 364 g/mol. The summed E-state index contributed by atoms with van der Waals surface area (Å²) >= 11 is 0. The topological polar surface area (TPSA) is 123 Å². The van der Waals surface area contributed by atoms with Crippen molar-refractivity contribution in [3.05, 3.63) is 50.9 Å². The highest BCUT2D eigenvalue weighted by molar-refractivity contribution is 5.69. The summed E-state index contributed by atoms with van der Waals surface area (Å²) in [5, 5.41) is 29.0. The number of imidazole rings is 1. The molecule has 1 aromatic carbocycles. The number of phenolic OH excluding ortho intramolecular Hbond substituents is 2. The van der Waals surface area contributed by atoms with Crippen molar-refractivity contribution in [3.8, 4) is 11.5 Å². The minimum absolute atomic E-state index is 0.216. The Kier molecular flexibility index (Phi) is 5.55. The molecule has 3 aromatic rings. The number of aromatic hydroxyl groups is 2. The van der Waals surface area contributed by atoms with E-state index in [4.69, 9.17) is 0 Å². The number of hydrogen-bond donors (Lipinski definition) is 3. The highest BCUT2D eigenvalue weighted by Gasteiger charge is 2.14. The van der Waals surface area contributed by atoms with Gasteiger partial charge in [-0.05, 0) is 30.5 Å². The number of aromatic nitrogens is 4. The summed E-state index contributed by atoms with van der Waals surface area (Å²) in [5.41, 5.74) is 0.565. The van der Waals surface area contributed by atoms with Gasteiger partial charge < -0.3 is 19.9 Å². The number of aliphatic hydroxyl groups excluding tert-OH is 1. The largest absolute Gasteiger partial charge is 0.504 e. The molecule has 2 heterocycles. The standard InChI is InChI=1S/C19H24N4O5/c1-21-17-16(18(27)22(2)19(21)28)23(11-20-17)9-5-3-4-6-13(24)12-7-8-14(25)15(26)10-12/h7-8,10-11,13,24-26H,3-6,9H2,1-2H3/t13-/m1/s1. The molecule has 0 amide bonds. The fraction of sp³-hybridized carbons (Fsp3) is 0.421. The van der Waals surface area contributed by atoms with E-state index in [1.165, 1.54) is 23.7 Å². The van der Waals surface area contributed by atoms with Gasteiger partial charge in [-0.1, -0.05) is 18.9 Å². The first-order valence-electron chi connectivity index (χ1n) is 9.12. The Morgan fingerprint density at radius 2 is 1.79 bits per heavy atom. The fourth-order valence-corrected chi connectivity index (χ4v) is 3.28. The third-order valence-corrected chi connectivity index (χ3v) is 4.98. The van der Waals surface area contributed by atoms with Crippen LogP contribution in [0.15, 0.2) is 34.1 Å². The smallest absolute Gasteiger partial charge is 0.332 e. The van der Waals surface area contributed by atoms with E-state index in [-0.39, 0.29) is 17.1 Å². The molecule has 0 fully saturated rings. The van der Waals surface area contributed by atoms with Gasteiger partial charge in [0.1, 0.15) is 0 Å². The molecule has 28 heavy (non-hydrogen) atoms. The van der Waals surface area contributed by atoms with E-state index in [0.29, 0.717) is 29.7 Å². The van der Waals surface area contributed by atoms with Gasteiger partial charge in [-0.3, -0.25) is 13.9 Å². The minimum Gasteiger partial charge on any atom is -0.504 e. The molecule has 0 aliphatic carbocycles. The van der Waals surface area contributed by atoms with Gasteiger partial charge in [0.05, 0.1) is 12.4 Å². The van der Waals surface area contributed by atoms with E-state index in [1.54, 1.807) is 24.0 Å². The number of aliphatic hydroxyl groups is 1. The molecule has 3 rings (SSSR count). The maximum absolute atomic E-state index is 12.4. The van der Waals surface area contributed by atoms with Gasteiger partial charge in [0.2, 0.25) is 0 Å². The SMILES string of the molecule is Cn1c(=O)c2c(ncn2CCCCC[C@@H](O)c2ccc(O)c(O)c2)n(C)c1=O. The molecule has 0 saturated carbocycles. The number of rotatable bonds is 7. The first kappa shape index (κ1) is 19.7. The van der Waals surface area contributed by atoms with Crippen LogP contribution in [0.1, 0.15) is 37.4 Å². The zero-order valence-electron chi connectivity index (χ0n) is 15.9. The zero-order valence-corrected chi connectivity index (χ0v) is 15.9. The van der Waals surface area contributed by atoms with Crippen LogP contribution >= 0.6 is 0 Å². The maximum atomic E-state index is 12.4. The van der Waals surface area contributed by atoms with Gasteiger partial charge in [0.15, 0.2) is 22.7 Å². The molecule has 150 valence electrons. The summed E-state index contributed by atoms with van der Waals surface area (Å²) in [4.78, 5) is 28.5. The van der Waals surface area contributed by atoms with Crippen molar-refractivity contribution in [2.45, 2.75) is 38.3 Å². The van der Waals surface area contributed by atoms with Crippen LogP contribution in [0, 0.1) is 0 Å². The predicted molar refractivity (Wildman–Crippen MR) is 103 cm³/mol. The van der Waals surface area contributed by atoms with Gasteiger partial charge in [-0.15, -0.1) is 0 Å². The molecule has 0 bridgehead atoms.